The van der Waals surface area contributed by atoms with E-state index in [9.17, 15) is 13.2 Å². The molecule has 0 aliphatic carbocycles. The Hall–Kier alpha value is -1.48. The van der Waals surface area contributed by atoms with Gasteiger partial charge in [0.15, 0.2) is 11.6 Å². The second-order valence-electron chi connectivity index (χ2n) is 4.80. The smallest absolute Gasteiger partial charge is 0.159 e. The highest BCUT2D eigenvalue weighted by Crippen LogP contribution is 2.18. The van der Waals surface area contributed by atoms with Gasteiger partial charge in [-0.3, -0.25) is 0 Å². The fourth-order valence-electron chi connectivity index (χ4n) is 2.14. The summed E-state index contributed by atoms with van der Waals surface area (Å²) in [6.45, 7) is 0. The van der Waals surface area contributed by atoms with Gasteiger partial charge in [0.2, 0.25) is 0 Å². The van der Waals surface area contributed by atoms with Crippen LogP contribution in [0.5, 0.6) is 0 Å². The molecule has 0 bridgehead atoms. The highest BCUT2D eigenvalue weighted by molar-refractivity contribution is 6.18. The third-order valence-electron chi connectivity index (χ3n) is 3.16. The van der Waals surface area contributed by atoms with Crippen LogP contribution in [0.25, 0.3) is 0 Å². The van der Waals surface area contributed by atoms with Crippen molar-refractivity contribution >= 4 is 11.6 Å². The Kier molecular flexibility index (Phi) is 5.07. The minimum absolute atomic E-state index is 0.0898. The van der Waals surface area contributed by atoms with Crippen molar-refractivity contribution in [3.8, 4) is 0 Å². The fourth-order valence-corrected chi connectivity index (χ4v) is 2.35. The molecule has 0 heterocycles. The van der Waals surface area contributed by atoms with Crippen LogP contribution in [-0.2, 0) is 12.8 Å². The Morgan fingerprint density at radius 3 is 2.00 bits per heavy atom. The van der Waals surface area contributed by atoms with Crippen LogP contribution in [0.4, 0.5) is 13.2 Å². The summed E-state index contributed by atoms with van der Waals surface area (Å²) in [4.78, 5) is 0. The van der Waals surface area contributed by atoms with Gasteiger partial charge in [0.25, 0.3) is 0 Å². The van der Waals surface area contributed by atoms with Crippen molar-refractivity contribution in [3.05, 3.63) is 71.0 Å². The van der Waals surface area contributed by atoms with Gasteiger partial charge in [-0.25, -0.2) is 13.2 Å². The molecule has 2 rings (SSSR count). The molecule has 0 amide bonds. The molecule has 1 atom stereocenters. The van der Waals surface area contributed by atoms with E-state index >= 15 is 0 Å². The van der Waals surface area contributed by atoms with E-state index in [1.165, 1.54) is 18.2 Å². The van der Waals surface area contributed by atoms with E-state index in [-0.39, 0.29) is 11.7 Å². The van der Waals surface area contributed by atoms with Crippen LogP contribution in [0.2, 0.25) is 0 Å². The van der Waals surface area contributed by atoms with E-state index in [0.29, 0.717) is 24.3 Å². The number of hydrogen-bond donors (Lipinski definition) is 0. The van der Waals surface area contributed by atoms with E-state index in [4.69, 9.17) is 11.6 Å². The molecule has 0 aromatic heterocycles. The van der Waals surface area contributed by atoms with Crippen molar-refractivity contribution < 1.29 is 13.2 Å². The van der Waals surface area contributed by atoms with Crippen molar-refractivity contribution in [2.45, 2.75) is 12.8 Å². The predicted molar refractivity (Wildman–Crippen MR) is 74.4 cm³/mol. The molecule has 0 N–H and O–H groups in total. The van der Waals surface area contributed by atoms with Gasteiger partial charge in [-0.1, -0.05) is 18.2 Å². The van der Waals surface area contributed by atoms with Crippen molar-refractivity contribution in [1.29, 1.82) is 0 Å². The van der Waals surface area contributed by atoms with Crippen LogP contribution in [-0.4, -0.2) is 5.88 Å². The Morgan fingerprint density at radius 1 is 0.800 bits per heavy atom. The van der Waals surface area contributed by atoms with Gasteiger partial charge in [-0.05, 0) is 54.2 Å². The van der Waals surface area contributed by atoms with Crippen molar-refractivity contribution in [2.24, 2.45) is 5.92 Å². The maximum atomic E-state index is 13.2. The third kappa shape index (κ3) is 4.01. The molecule has 0 fully saturated rings. The first-order valence-electron chi connectivity index (χ1n) is 6.33. The van der Waals surface area contributed by atoms with Crippen LogP contribution in [0.3, 0.4) is 0 Å². The molecule has 0 radical (unpaired) electrons. The van der Waals surface area contributed by atoms with E-state index in [1.54, 1.807) is 18.2 Å². The van der Waals surface area contributed by atoms with Gasteiger partial charge in [-0.15, -0.1) is 11.6 Å². The zero-order chi connectivity index (χ0) is 14.5. The summed E-state index contributed by atoms with van der Waals surface area (Å²) < 4.78 is 38.9. The van der Waals surface area contributed by atoms with Crippen molar-refractivity contribution in [2.75, 3.05) is 5.88 Å². The summed E-state index contributed by atoms with van der Waals surface area (Å²) in [5, 5.41) is 0. The molecular formula is C16H14ClF3. The first-order chi connectivity index (χ1) is 9.58. The fraction of sp³-hybridized carbons (Fsp3) is 0.250. The number of alkyl halides is 1. The van der Waals surface area contributed by atoms with Crippen LogP contribution < -0.4 is 0 Å². The van der Waals surface area contributed by atoms with Crippen molar-refractivity contribution in [1.82, 2.24) is 0 Å². The Morgan fingerprint density at radius 2 is 1.40 bits per heavy atom. The number of halogens is 4. The van der Waals surface area contributed by atoms with E-state index < -0.39 is 11.6 Å². The molecule has 4 heteroatoms. The number of hydrogen-bond acceptors (Lipinski definition) is 0. The largest absolute Gasteiger partial charge is 0.207 e. The molecule has 0 spiro atoms. The number of benzene rings is 2. The molecule has 0 nitrogen and oxygen atoms in total. The number of rotatable bonds is 5. The highest BCUT2D eigenvalue weighted by atomic mass is 35.5. The minimum atomic E-state index is -0.852. The van der Waals surface area contributed by atoms with Gasteiger partial charge < -0.3 is 0 Å². The first kappa shape index (κ1) is 14.9. The summed E-state index contributed by atoms with van der Waals surface area (Å²) in [7, 11) is 0. The molecule has 0 saturated carbocycles. The van der Waals surface area contributed by atoms with Crippen LogP contribution in [0.15, 0.2) is 42.5 Å². The second-order valence-corrected chi connectivity index (χ2v) is 5.11. The summed E-state index contributed by atoms with van der Waals surface area (Å²) in [6, 6.07) is 10.1. The van der Waals surface area contributed by atoms with Crippen molar-refractivity contribution in [3.63, 3.8) is 0 Å². The summed E-state index contributed by atoms with van der Waals surface area (Å²) in [5.74, 6) is -1.49. The second kappa shape index (κ2) is 6.80. The Labute approximate surface area is 121 Å². The standard InChI is InChI=1S/C16H14ClF3/c17-10-13(7-11-1-4-14(18)5-2-11)8-12-3-6-15(19)16(20)9-12/h1-6,9,13H,7-8,10H2. The van der Waals surface area contributed by atoms with Gasteiger partial charge in [0.1, 0.15) is 5.82 Å². The SMILES string of the molecule is Fc1ccc(CC(CCl)Cc2ccc(F)c(F)c2)cc1. The lowest BCUT2D eigenvalue weighted by Gasteiger charge is -2.14. The van der Waals surface area contributed by atoms with E-state index in [0.717, 1.165) is 11.6 Å². The summed E-state index contributed by atoms with van der Waals surface area (Å²) >= 11 is 5.93. The lowest BCUT2D eigenvalue weighted by molar-refractivity contribution is 0.503. The monoisotopic (exact) mass is 298 g/mol. The molecular weight excluding hydrogens is 285 g/mol. The molecule has 0 aliphatic heterocycles. The lowest BCUT2D eigenvalue weighted by Crippen LogP contribution is -2.10. The molecule has 106 valence electrons. The predicted octanol–water partition coefficient (Wildman–Crippen LogP) is 4.74. The summed E-state index contributed by atoms with van der Waals surface area (Å²) in [6.07, 6.45) is 1.22. The molecule has 2 aromatic rings. The van der Waals surface area contributed by atoms with Gasteiger partial charge >= 0.3 is 0 Å². The molecule has 2 aromatic carbocycles. The van der Waals surface area contributed by atoms with Crippen LogP contribution in [0.1, 0.15) is 11.1 Å². The van der Waals surface area contributed by atoms with E-state index in [1.807, 2.05) is 0 Å². The van der Waals surface area contributed by atoms with Gasteiger partial charge in [0, 0.05) is 5.88 Å². The maximum absolute atomic E-state index is 13.2. The van der Waals surface area contributed by atoms with E-state index in [2.05, 4.69) is 0 Å². The van der Waals surface area contributed by atoms with Crippen LogP contribution in [0, 0.1) is 23.4 Å². The highest BCUT2D eigenvalue weighted by Gasteiger charge is 2.11. The Balaban J connectivity index is 2.04. The lowest BCUT2D eigenvalue weighted by atomic mass is 9.94. The first-order valence-corrected chi connectivity index (χ1v) is 6.86. The average molecular weight is 299 g/mol. The quantitative estimate of drug-likeness (QED) is 0.699. The Bertz CT molecular complexity index is 566. The zero-order valence-corrected chi connectivity index (χ0v) is 11.5. The molecule has 0 saturated heterocycles. The summed E-state index contributed by atoms with van der Waals surface area (Å²) in [5.41, 5.74) is 1.68. The van der Waals surface area contributed by atoms with Crippen LogP contribution >= 0.6 is 11.6 Å². The van der Waals surface area contributed by atoms with Gasteiger partial charge in [0.05, 0.1) is 0 Å². The maximum Gasteiger partial charge on any atom is 0.159 e. The van der Waals surface area contributed by atoms with Gasteiger partial charge in [-0.2, -0.15) is 0 Å². The zero-order valence-electron chi connectivity index (χ0n) is 10.8. The topological polar surface area (TPSA) is 0 Å². The molecule has 0 aliphatic rings. The normalized spacial score (nSPS) is 12.4. The average Bonchev–Trinajstić information content (AvgIpc) is 2.44. The minimum Gasteiger partial charge on any atom is -0.207 e. The third-order valence-corrected chi connectivity index (χ3v) is 3.60. The molecule has 1 unspecified atom stereocenters. The molecule has 20 heavy (non-hydrogen) atoms.